The van der Waals surface area contributed by atoms with Gasteiger partial charge in [0.15, 0.2) is 0 Å². The molecule has 0 heterocycles. The maximum atomic E-state index is 12.2. The van der Waals surface area contributed by atoms with Gasteiger partial charge < -0.3 is 10.1 Å². The van der Waals surface area contributed by atoms with Gasteiger partial charge in [-0.25, -0.2) is 0 Å². The lowest BCUT2D eigenvalue weighted by Gasteiger charge is -2.09. The van der Waals surface area contributed by atoms with Crippen LogP contribution in [0.1, 0.15) is 15.9 Å². The Hall–Kier alpha value is -1.33. The number of hydrogen-bond acceptors (Lipinski definition) is 2. The van der Waals surface area contributed by atoms with Crippen LogP contribution < -0.4 is 10.1 Å². The molecule has 1 N–H and O–H groups in total. The molecule has 0 fully saturated rings. The van der Waals surface area contributed by atoms with E-state index in [-0.39, 0.29) is 5.91 Å². The minimum Gasteiger partial charge on any atom is -0.497 e. The maximum Gasteiger partial charge on any atom is 0.252 e. The lowest BCUT2D eigenvalue weighted by Crippen LogP contribution is -2.23. The third-order valence-electron chi connectivity index (χ3n) is 2.78. The number of hydrogen-bond donors (Lipinski definition) is 1. The zero-order valence-corrected chi connectivity index (χ0v) is 14.0. The van der Waals surface area contributed by atoms with Crippen molar-refractivity contribution in [3.63, 3.8) is 0 Å². The molecule has 20 heavy (non-hydrogen) atoms. The van der Waals surface area contributed by atoms with E-state index in [4.69, 9.17) is 4.74 Å². The minimum atomic E-state index is -0.140. The van der Waals surface area contributed by atoms with Crippen LogP contribution in [0, 0.1) is 0 Å². The van der Waals surface area contributed by atoms with E-state index >= 15 is 0 Å². The molecule has 0 aliphatic carbocycles. The topological polar surface area (TPSA) is 38.3 Å². The Morgan fingerprint density at radius 1 is 1.15 bits per heavy atom. The fourth-order valence-electron chi connectivity index (χ4n) is 1.69. The van der Waals surface area contributed by atoms with Gasteiger partial charge in [-0.15, -0.1) is 0 Å². The number of methoxy groups -OCH3 is 1. The molecule has 0 aromatic heterocycles. The van der Waals surface area contributed by atoms with Gasteiger partial charge >= 0.3 is 0 Å². The number of rotatable bonds is 4. The van der Waals surface area contributed by atoms with Crippen LogP contribution in [0.4, 0.5) is 0 Å². The van der Waals surface area contributed by atoms with E-state index in [0.717, 1.165) is 14.5 Å². The molecule has 5 heteroatoms. The predicted octanol–water partition coefficient (Wildman–Crippen LogP) is 4.15. The summed E-state index contributed by atoms with van der Waals surface area (Å²) in [5.41, 5.74) is 1.60. The highest BCUT2D eigenvalue weighted by Gasteiger charge is 2.11. The van der Waals surface area contributed by atoms with Gasteiger partial charge in [-0.1, -0.05) is 28.1 Å². The molecule has 0 spiro atoms. The normalized spacial score (nSPS) is 10.2. The third kappa shape index (κ3) is 3.84. The molecule has 2 rings (SSSR count). The second kappa shape index (κ2) is 6.90. The highest BCUT2D eigenvalue weighted by molar-refractivity contribution is 9.10. The number of nitrogens with one attached hydrogen (secondary N) is 1. The molecular weight excluding hydrogens is 386 g/mol. The molecule has 0 radical (unpaired) electrons. The Kier molecular flexibility index (Phi) is 5.20. The summed E-state index contributed by atoms with van der Waals surface area (Å²) in [5.74, 6) is 0.515. The van der Waals surface area contributed by atoms with Crippen molar-refractivity contribution >= 4 is 37.8 Å². The second-order valence-electron chi connectivity index (χ2n) is 4.15. The summed E-state index contributed by atoms with van der Waals surface area (Å²) in [7, 11) is 1.58. The van der Waals surface area contributed by atoms with Crippen molar-refractivity contribution < 1.29 is 9.53 Å². The highest BCUT2D eigenvalue weighted by Crippen LogP contribution is 2.22. The van der Waals surface area contributed by atoms with E-state index in [1.165, 1.54) is 0 Å². The Morgan fingerprint density at radius 2 is 1.85 bits per heavy atom. The zero-order chi connectivity index (χ0) is 14.5. The smallest absolute Gasteiger partial charge is 0.252 e. The summed E-state index contributed by atoms with van der Waals surface area (Å²) >= 11 is 6.75. The minimum absolute atomic E-state index is 0.140. The average molecular weight is 399 g/mol. The summed E-state index contributed by atoms with van der Waals surface area (Å²) in [6, 6.07) is 13.1. The zero-order valence-electron chi connectivity index (χ0n) is 10.8. The maximum absolute atomic E-state index is 12.2. The van der Waals surface area contributed by atoms with E-state index in [1.807, 2.05) is 24.3 Å². The molecular formula is C15H13Br2NO2. The second-order valence-corrected chi connectivity index (χ2v) is 5.92. The van der Waals surface area contributed by atoms with Gasteiger partial charge in [0, 0.05) is 15.5 Å². The quantitative estimate of drug-likeness (QED) is 0.839. The summed E-state index contributed by atoms with van der Waals surface area (Å²) in [6.45, 7) is 0.482. The summed E-state index contributed by atoms with van der Waals surface area (Å²) in [5, 5.41) is 2.89. The van der Waals surface area contributed by atoms with Crippen molar-refractivity contribution in [2.75, 3.05) is 7.11 Å². The Morgan fingerprint density at radius 3 is 2.50 bits per heavy atom. The lowest BCUT2D eigenvalue weighted by atomic mass is 10.2. The fourth-order valence-corrected chi connectivity index (χ4v) is 2.38. The molecule has 0 saturated heterocycles. The van der Waals surface area contributed by atoms with Crippen LogP contribution in [0.15, 0.2) is 51.4 Å². The molecule has 104 valence electrons. The van der Waals surface area contributed by atoms with E-state index in [0.29, 0.717) is 17.9 Å². The number of carbonyl (C=O) groups is 1. The van der Waals surface area contributed by atoms with Crippen LogP contribution in [0.25, 0.3) is 0 Å². The summed E-state index contributed by atoms with van der Waals surface area (Å²) in [4.78, 5) is 12.2. The van der Waals surface area contributed by atoms with Gasteiger partial charge in [0.25, 0.3) is 5.91 Å². The highest BCUT2D eigenvalue weighted by atomic mass is 79.9. The van der Waals surface area contributed by atoms with Gasteiger partial charge in [-0.3, -0.25) is 4.79 Å². The summed E-state index contributed by atoms with van der Waals surface area (Å²) < 4.78 is 6.89. The van der Waals surface area contributed by atoms with E-state index in [9.17, 15) is 4.79 Å². The first-order valence-corrected chi connectivity index (χ1v) is 7.55. The molecule has 2 aromatic carbocycles. The van der Waals surface area contributed by atoms with Gasteiger partial charge in [0.1, 0.15) is 5.75 Å². The monoisotopic (exact) mass is 397 g/mol. The predicted molar refractivity (Wildman–Crippen MR) is 86.0 cm³/mol. The molecule has 1 amide bonds. The lowest BCUT2D eigenvalue weighted by molar-refractivity contribution is 0.0950. The van der Waals surface area contributed by atoms with Crippen LogP contribution in [-0.2, 0) is 6.54 Å². The van der Waals surface area contributed by atoms with Gasteiger partial charge in [-0.05, 0) is 51.8 Å². The largest absolute Gasteiger partial charge is 0.497 e. The molecule has 0 saturated carbocycles. The van der Waals surface area contributed by atoms with Crippen molar-refractivity contribution in [1.82, 2.24) is 5.32 Å². The van der Waals surface area contributed by atoms with Crippen LogP contribution in [0.3, 0.4) is 0 Å². The molecule has 0 bridgehead atoms. The molecule has 3 nitrogen and oxygen atoms in total. The number of carbonyl (C=O) groups excluding carboxylic acids is 1. The first-order valence-electron chi connectivity index (χ1n) is 5.96. The first-order chi connectivity index (χ1) is 9.60. The van der Waals surface area contributed by atoms with E-state index < -0.39 is 0 Å². The van der Waals surface area contributed by atoms with Crippen LogP contribution >= 0.6 is 31.9 Å². The molecule has 0 unspecified atom stereocenters. The number of benzene rings is 2. The first kappa shape index (κ1) is 15.1. The van der Waals surface area contributed by atoms with Crippen molar-refractivity contribution in [2.24, 2.45) is 0 Å². The SMILES string of the molecule is COc1ccc(Br)c(C(=O)NCc2ccc(Br)cc2)c1. The number of halogens is 2. The third-order valence-corrected chi connectivity index (χ3v) is 4.00. The average Bonchev–Trinajstić information content (AvgIpc) is 2.47. The fraction of sp³-hybridized carbons (Fsp3) is 0.133. The van der Waals surface area contributed by atoms with Gasteiger partial charge in [0.05, 0.1) is 12.7 Å². The van der Waals surface area contributed by atoms with Crippen molar-refractivity contribution in [3.05, 3.63) is 62.5 Å². The molecule has 0 aliphatic rings. The standard InChI is InChI=1S/C15H13Br2NO2/c1-20-12-6-7-14(17)13(8-12)15(19)18-9-10-2-4-11(16)5-3-10/h2-8H,9H2,1H3,(H,18,19). The van der Waals surface area contributed by atoms with Crippen LogP contribution in [0.2, 0.25) is 0 Å². The molecule has 0 atom stereocenters. The Bertz CT molecular complexity index is 612. The van der Waals surface area contributed by atoms with Gasteiger partial charge in [0.2, 0.25) is 0 Å². The number of ether oxygens (including phenoxy) is 1. The number of amides is 1. The van der Waals surface area contributed by atoms with Crippen molar-refractivity contribution in [2.45, 2.75) is 6.54 Å². The molecule has 0 aliphatic heterocycles. The van der Waals surface area contributed by atoms with Gasteiger partial charge in [-0.2, -0.15) is 0 Å². The van der Waals surface area contributed by atoms with E-state index in [1.54, 1.807) is 25.3 Å². The van der Waals surface area contributed by atoms with E-state index in [2.05, 4.69) is 37.2 Å². The Labute approximate surface area is 134 Å². The summed E-state index contributed by atoms with van der Waals surface area (Å²) in [6.07, 6.45) is 0. The Balaban J connectivity index is 2.06. The molecule has 2 aromatic rings. The van der Waals surface area contributed by atoms with Crippen molar-refractivity contribution in [3.8, 4) is 5.75 Å². The van der Waals surface area contributed by atoms with Crippen LogP contribution in [0.5, 0.6) is 5.75 Å². The van der Waals surface area contributed by atoms with Crippen LogP contribution in [-0.4, -0.2) is 13.0 Å². The van der Waals surface area contributed by atoms with Crippen molar-refractivity contribution in [1.29, 1.82) is 0 Å².